The number of nitrogens with zero attached hydrogens (tertiary/aromatic N) is 2. The van der Waals surface area contributed by atoms with Crippen molar-refractivity contribution in [3.63, 3.8) is 0 Å². The quantitative estimate of drug-likeness (QED) is 0.789. The van der Waals surface area contributed by atoms with Crippen molar-refractivity contribution in [1.29, 1.82) is 0 Å². The Bertz CT molecular complexity index is 495. The average molecular weight is 215 g/mol. The number of aromatic nitrogens is 2. The van der Waals surface area contributed by atoms with Gasteiger partial charge in [0.1, 0.15) is 5.82 Å². The summed E-state index contributed by atoms with van der Waals surface area (Å²) in [5.41, 5.74) is 2.64. The van der Waals surface area contributed by atoms with E-state index in [1.54, 1.807) is 0 Å². The second-order valence-electron chi connectivity index (χ2n) is 4.54. The van der Waals surface area contributed by atoms with E-state index in [9.17, 15) is 0 Å². The SMILES string of the molecule is Cc1ncc2cccc(C3CCNCC3)n12. The van der Waals surface area contributed by atoms with Crippen molar-refractivity contribution >= 4 is 5.52 Å². The molecule has 16 heavy (non-hydrogen) atoms. The number of imidazole rings is 1. The van der Waals surface area contributed by atoms with Gasteiger partial charge < -0.3 is 9.72 Å². The van der Waals surface area contributed by atoms with Crippen LogP contribution in [0.3, 0.4) is 0 Å². The fourth-order valence-electron chi connectivity index (χ4n) is 2.67. The van der Waals surface area contributed by atoms with Crippen molar-refractivity contribution < 1.29 is 0 Å². The summed E-state index contributed by atoms with van der Waals surface area (Å²) >= 11 is 0. The lowest BCUT2D eigenvalue weighted by Gasteiger charge is -2.24. The van der Waals surface area contributed by atoms with Crippen molar-refractivity contribution in [2.24, 2.45) is 0 Å². The number of rotatable bonds is 1. The molecule has 1 aliphatic heterocycles. The summed E-state index contributed by atoms with van der Waals surface area (Å²) in [7, 11) is 0. The van der Waals surface area contributed by atoms with Gasteiger partial charge in [-0.2, -0.15) is 0 Å². The van der Waals surface area contributed by atoms with Crippen LogP contribution in [0.15, 0.2) is 24.4 Å². The first-order valence-electron chi connectivity index (χ1n) is 6.00. The number of nitrogens with one attached hydrogen (secondary N) is 1. The minimum atomic E-state index is 0.679. The summed E-state index contributed by atoms with van der Waals surface area (Å²) < 4.78 is 2.30. The Balaban J connectivity index is 2.10. The molecule has 84 valence electrons. The summed E-state index contributed by atoms with van der Waals surface area (Å²) in [5, 5.41) is 3.42. The smallest absolute Gasteiger partial charge is 0.110 e. The van der Waals surface area contributed by atoms with Crippen LogP contribution >= 0.6 is 0 Å². The predicted octanol–water partition coefficient (Wildman–Crippen LogP) is 2.11. The van der Waals surface area contributed by atoms with Gasteiger partial charge in [-0.3, -0.25) is 0 Å². The van der Waals surface area contributed by atoms with Gasteiger partial charge in [0, 0.05) is 11.6 Å². The van der Waals surface area contributed by atoms with Gasteiger partial charge in [0.05, 0.1) is 11.7 Å². The van der Waals surface area contributed by atoms with E-state index < -0.39 is 0 Å². The molecule has 0 unspecified atom stereocenters. The molecule has 0 radical (unpaired) electrons. The molecule has 1 aliphatic rings. The Morgan fingerprint density at radius 1 is 1.31 bits per heavy atom. The maximum Gasteiger partial charge on any atom is 0.110 e. The molecule has 2 aromatic heterocycles. The second-order valence-corrected chi connectivity index (χ2v) is 4.54. The van der Waals surface area contributed by atoms with Crippen LogP contribution in [0.25, 0.3) is 5.52 Å². The molecule has 1 N–H and O–H groups in total. The van der Waals surface area contributed by atoms with Gasteiger partial charge in [-0.1, -0.05) is 6.07 Å². The topological polar surface area (TPSA) is 29.3 Å². The van der Waals surface area contributed by atoms with Crippen molar-refractivity contribution in [3.8, 4) is 0 Å². The standard InChI is InChI=1S/C13H17N3/c1-10-15-9-12-3-2-4-13(16(10)12)11-5-7-14-8-6-11/h2-4,9,11,14H,5-8H2,1H3. The number of fused-ring (bicyclic) bond motifs is 1. The molecule has 0 amide bonds. The zero-order valence-electron chi connectivity index (χ0n) is 9.61. The van der Waals surface area contributed by atoms with Gasteiger partial charge in [-0.15, -0.1) is 0 Å². The molecule has 0 spiro atoms. The van der Waals surface area contributed by atoms with Crippen LogP contribution < -0.4 is 5.32 Å². The molecular formula is C13H17N3. The van der Waals surface area contributed by atoms with E-state index in [0.29, 0.717) is 5.92 Å². The number of piperidine rings is 1. The van der Waals surface area contributed by atoms with Gasteiger partial charge in [-0.25, -0.2) is 4.98 Å². The average Bonchev–Trinajstić information content (AvgIpc) is 2.73. The highest BCUT2D eigenvalue weighted by Gasteiger charge is 2.18. The van der Waals surface area contributed by atoms with Crippen molar-refractivity contribution in [1.82, 2.24) is 14.7 Å². The number of hydrogen-bond donors (Lipinski definition) is 1. The summed E-state index contributed by atoms with van der Waals surface area (Å²) in [6.45, 7) is 4.35. The van der Waals surface area contributed by atoms with Crippen LogP contribution in [0.1, 0.15) is 30.3 Å². The van der Waals surface area contributed by atoms with Crippen molar-refractivity contribution in [3.05, 3.63) is 35.9 Å². The fraction of sp³-hybridized carbons (Fsp3) is 0.462. The maximum atomic E-state index is 4.40. The number of aryl methyl sites for hydroxylation is 1. The van der Waals surface area contributed by atoms with Crippen LogP contribution in [-0.2, 0) is 0 Å². The third-order valence-corrected chi connectivity index (χ3v) is 3.52. The fourth-order valence-corrected chi connectivity index (χ4v) is 2.67. The Hall–Kier alpha value is -1.35. The van der Waals surface area contributed by atoms with Crippen LogP contribution in [0.5, 0.6) is 0 Å². The Labute approximate surface area is 95.5 Å². The van der Waals surface area contributed by atoms with E-state index in [4.69, 9.17) is 0 Å². The molecule has 0 aromatic carbocycles. The lowest BCUT2D eigenvalue weighted by molar-refractivity contribution is 0.450. The Morgan fingerprint density at radius 3 is 2.94 bits per heavy atom. The van der Waals surface area contributed by atoms with Crippen molar-refractivity contribution in [2.45, 2.75) is 25.7 Å². The molecule has 3 heterocycles. The minimum absolute atomic E-state index is 0.679. The van der Waals surface area contributed by atoms with E-state index in [-0.39, 0.29) is 0 Å². The van der Waals surface area contributed by atoms with E-state index in [1.165, 1.54) is 24.1 Å². The first-order valence-corrected chi connectivity index (χ1v) is 6.00. The van der Waals surface area contributed by atoms with Crippen LogP contribution in [0, 0.1) is 6.92 Å². The van der Waals surface area contributed by atoms with E-state index >= 15 is 0 Å². The van der Waals surface area contributed by atoms with Crippen LogP contribution in [-0.4, -0.2) is 22.5 Å². The van der Waals surface area contributed by atoms with Gasteiger partial charge >= 0.3 is 0 Å². The van der Waals surface area contributed by atoms with Gasteiger partial charge in [0.15, 0.2) is 0 Å². The lowest BCUT2D eigenvalue weighted by atomic mass is 9.94. The van der Waals surface area contributed by atoms with Crippen LogP contribution in [0.4, 0.5) is 0 Å². The minimum Gasteiger partial charge on any atom is -0.317 e. The lowest BCUT2D eigenvalue weighted by Crippen LogP contribution is -2.27. The largest absolute Gasteiger partial charge is 0.317 e. The summed E-state index contributed by atoms with van der Waals surface area (Å²) in [4.78, 5) is 4.40. The Kier molecular flexibility index (Phi) is 2.40. The van der Waals surface area contributed by atoms with E-state index in [0.717, 1.165) is 18.9 Å². The molecular weight excluding hydrogens is 198 g/mol. The maximum absolute atomic E-state index is 4.40. The Morgan fingerprint density at radius 2 is 2.12 bits per heavy atom. The summed E-state index contributed by atoms with van der Waals surface area (Å²) in [6.07, 6.45) is 4.42. The zero-order valence-corrected chi connectivity index (χ0v) is 9.61. The number of hydrogen-bond acceptors (Lipinski definition) is 2. The highest BCUT2D eigenvalue weighted by molar-refractivity contribution is 5.47. The molecule has 3 nitrogen and oxygen atoms in total. The molecule has 0 bridgehead atoms. The highest BCUT2D eigenvalue weighted by atomic mass is 15.0. The van der Waals surface area contributed by atoms with Crippen LogP contribution in [0.2, 0.25) is 0 Å². The number of pyridine rings is 1. The van der Waals surface area contributed by atoms with Gasteiger partial charge in [0.2, 0.25) is 0 Å². The highest BCUT2D eigenvalue weighted by Crippen LogP contribution is 2.26. The first-order chi connectivity index (χ1) is 7.86. The second kappa shape index (κ2) is 3.91. The summed E-state index contributed by atoms with van der Waals surface area (Å²) in [6, 6.07) is 6.52. The van der Waals surface area contributed by atoms with Gasteiger partial charge in [0.25, 0.3) is 0 Å². The van der Waals surface area contributed by atoms with Gasteiger partial charge in [-0.05, 0) is 45.0 Å². The third-order valence-electron chi connectivity index (χ3n) is 3.52. The molecule has 1 fully saturated rings. The van der Waals surface area contributed by atoms with E-state index in [2.05, 4.69) is 39.8 Å². The van der Waals surface area contributed by atoms with E-state index in [1.807, 2.05) is 6.20 Å². The first kappa shape index (κ1) is 9.85. The molecule has 0 atom stereocenters. The molecule has 3 rings (SSSR count). The molecule has 3 heteroatoms. The monoisotopic (exact) mass is 215 g/mol. The van der Waals surface area contributed by atoms with Crippen molar-refractivity contribution in [2.75, 3.05) is 13.1 Å². The molecule has 0 aliphatic carbocycles. The normalized spacial score (nSPS) is 18.1. The third kappa shape index (κ3) is 1.52. The molecule has 1 saturated heterocycles. The molecule has 2 aromatic rings. The zero-order chi connectivity index (χ0) is 11.0. The molecule has 0 saturated carbocycles. The summed E-state index contributed by atoms with van der Waals surface area (Å²) in [5.74, 6) is 1.78. The predicted molar refractivity (Wildman–Crippen MR) is 64.8 cm³/mol.